The van der Waals surface area contributed by atoms with Crippen molar-refractivity contribution in [2.45, 2.75) is 12.0 Å². The number of benzene rings is 2. The van der Waals surface area contributed by atoms with Crippen molar-refractivity contribution in [2.75, 3.05) is 18.5 Å². The molecule has 10 heteroatoms. The number of carbonyl (C=O) groups is 3. The second-order valence-electron chi connectivity index (χ2n) is 7.04. The second kappa shape index (κ2) is 9.16. The number of nitrogens with one attached hydrogen (secondary N) is 2. The third-order valence-electron chi connectivity index (χ3n) is 5.02. The van der Waals surface area contributed by atoms with E-state index in [9.17, 15) is 19.5 Å². The Kier molecular flexibility index (Phi) is 6.15. The first-order valence-corrected chi connectivity index (χ1v) is 10.5. The van der Waals surface area contributed by atoms with Gasteiger partial charge in [-0.25, -0.2) is 14.6 Å². The number of aliphatic carboxylic acids is 1. The second-order valence-corrected chi connectivity index (χ2v) is 8.07. The molecule has 4 N–H and O–H groups in total. The number of aliphatic hydroxyl groups excluding tert-OH is 1. The molecule has 1 aliphatic carbocycles. The number of hydrogen-bond donors (Lipinski definition) is 4. The van der Waals surface area contributed by atoms with Crippen molar-refractivity contribution in [3.8, 4) is 11.1 Å². The summed E-state index contributed by atoms with van der Waals surface area (Å²) in [5.74, 6) is -2.12. The van der Waals surface area contributed by atoms with Crippen molar-refractivity contribution in [1.29, 1.82) is 0 Å². The molecule has 1 aliphatic rings. The molecule has 0 bridgehead atoms. The van der Waals surface area contributed by atoms with Crippen LogP contribution in [0.15, 0.2) is 54.7 Å². The number of thiazole rings is 1. The van der Waals surface area contributed by atoms with E-state index in [2.05, 4.69) is 15.6 Å². The summed E-state index contributed by atoms with van der Waals surface area (Å²) in [5.41, 5.74) is 4.44. The molecule has 164 valence electrons. The summed E-state index contributed by atoms with van der Waals surface area (Å²) in [6.45, 7) is -0.299. The van der Waals surface area contributed by atoms with Crippen molar-refractivity contribution < 1.29 is 29.3 Å². The van der Waals surface area contributed by atoms with Gasteiger partial charge in [-0.2, -0.15) is 0 Å². The molecule has 4 rings (SSSR count). The first-order valence-electron chi connectivity index (χ1n) is 9.71. The fourth-order valence-electron chi connectivity index (χ4n) is 3.52. The zero-order valence-electron chi connectivity index (χ0n) is 16.6. The fraction of sp³-hybridized carbons (Fsp3) is 0.182. The Morgan fingerprint density at radius 2 is 1.69 bits per heavy atom. The van der Waals surface area contributed by atoms with Gasteiger partial charge in [-0.1, -0.05) is 59.9 Å². The molecule has 2 amide bonds. The van der Waals surface area contributed by atoms with Crippen molar-refractivity contribution in [3.05, 3.63) is 70.7 Å². The van der Waals surface area contributed by atoms with Crippen molar-refractivity contribution in [3.63, 3.8) is 0 Å². The molecule has 0 saturated heterocycles. The molecule has 0 unspecified atom stereocenters. The van der Waals surface area contributed by atoms with Crippen LogP contribution in [0.3, 0.4) is 0 Å². The van der Waals surface area contributed by atoms with Crippen molar-refractivity contribution >= 4 is 34.4 Å². The maximum atomic E-state index is 12.3. The molecular weight excluding hydrogens is 434 g/mol. The number of nitrogens with zero attached hydrogens (tertiary/aromatic N) is 1. The molecular formula is C22H19N3O6S. The van der Waals surface area contributed by atoms with Gasteiger partial charge in [0, 0.05) is 5.92 Å². The Bertz CT molecular complexity index is 1130. The summed E-state index contributed by atoms with van der Waals surface area (Å²) in [6.07, 6.45) is -1.16. The Morgan fingerprint density at radius 1 is 1.06 bits per heavy atom. The number of hydrogen-bond acceptors (Lipinski definition) is 7. The topological polar surface area (TPSA) is 138 Å². The van der Waals surface area contributed by atoms with Crippen molar-refractivity contribution in [2.24, 2.45) is 0 Å². The third kappa shape index (κ3) is 4.46. The molecule has 0 aliphatic heterocycles. The van der Waals surface area contributed by atoms with Gasteiger partial charge in [0.05, 0.1) is 12.7 Å². The molecule has 9 nitrogen and oxygen atoms in total. The van der Waals surface area contributed by atoms with Crippen LogP contribution in [0.2, 0.25) is 0 Å². The quantitative estimate of drug-likeness (QED) is 0.431. The third-order valence-corrected chi connectivity index (χ3v) is 5.93. The van der Waals surface area contributed by atoms with Crippen LogP contribution in [-0.4, -0.2) is 52.4 Å². The van der Waals surface area contributed by atoms with Gasteiger partial charge >= 0.3 is 12.1 Å². The van der Waals surface area contributed by atoms with Crippen LogP contribution in [0, 0.1) is 0 Å². The lowest BCUT2D eigenvalue weighted by atomic mass is 9.98. The summed E-state index contributed by atoms with van der Waals surface area (Å²) in [7, 11) is 0. The van der Waals surface area contributed by atoms with E-state index in [1.807, 2.05) is 48.5 Å². The number of aromatic nitrogens is 1. The standard InChI is InChI=1S/C22H19N3O6S/c26-17(20(28)29)9-23-19(27)18-10-24-21(32-18)25-22(30)31-11-16-14-7-3-1-5-12(14)13-6-2-4-8-15(13)16/h1-8,10,16-17,26H,9,11H2,(H,23,27)(H,28,29)(H,24,25,30)/t17-/m0/s1. The predicted molar refractivity (Wildman–Crippen MR) is 117 cm³/mol. The van der Waals surface area contributed by atoms with E-state index in [0.717, 1.165) is 33.6 Å². The number of ether oxygens (including phenoxy) is 1. The van der Waals surface area contributed by atoms with E-state index in [-0.39, 0.29) is 22.5 Å². The zero-order chi connectivity index (χ0) is 22.7. The monoisotopic (exact) mass is 453 g/mol. The average Bonchev–Trinajstić information content (AvgIpc) is 3.38. The lowest BCUT2D eigenvalue weighted by molar-refractivity contribution is -0.146. The van der Waals surface area contributed by atoms with Crippen molar-refractivity contribution in [1.82, 2.24) is 10.3 Å². The molecule has 1 heterocycles. The van der Waals surface area contributed by atoms with E-state index < -0.39 is 30.6 Å². The minimum absolute atomic E-state index is 0.0774. The maximum Gasteiger partial charge on any atom is 0.413 e. The number of rotatable bonds is 7. The summed E-state index contributed by atoms with van der Waals surface area (Å²) in [6, 6.07) is 16.0. The van der Waals surface area contributed by atoms with Gasteiger partial charge in [0.1, 0.15) is 11.5 Å². The fourth-order valence-corrected chi connectivity index (χ4v) is 4.24. The minimum atomic E-state index is -1.70. The highest BCUT2D eigenvalue weighted by atomic mass is 32.1. The number of anilines is 1. The highest BCUT2D eigenvalue weighted by Gasteiger charge is 2.29. The van der Waals surface area contributed by atoms with E-state index in [1.165, 1.54) is 6.20 Å². The van der Waals surface area contributed by atoms with Gasteiger partial charge in [-0.3, -0.25) is 10.1 Å². The number of aliphatic hydroxyl groups is 1. The lowest BCUT2D eigenvalue weighted by Gasteiger charge is -2.14. The maximum absolute atomic E-state index is 12.3. The highest BCUT2D eigenvalue weighted by Crippen LogP contribution is 2.44. The number of amides is 2. The molecule has 1 atom stereocenters. The molecule has 3 aromatic rings. The minimum Gasteiger partial charge on any atom is -0.479 e. The summed E-state index contributed by atoms with van der Waals surface area (Å²) >= 11 is 0.900. The Morgan fingerprint density at radius 3 is 2.31 bits per heavy atom. The molecule has 0 spiro atoms. The van der Waals surface area contributed by atoms with E-state index in [0.29, 0.717) is 0 Å². The number of fused-ring (bicyclic) bond motifs is 3. The first kappa shape index (κ1) is 21.5. The molecule has 1 aromatic heterocycles. The van der Waals surface area contributed by atoms with Gasteiger partial charge in [0.25, 0.3) is 5.91 Å². The van der Waals surface area contributed by atoms with Crippen LogP contribution in [0.4, 0.5) is 9.93 Å². The molecule has 0 saturated carbocycles. The van der Waals surface area contributed by atoms with Crippen LogP contribution in [0.25, 0.3) is 11.1 Å². The Hall–Kier alpha value is -3.76. The lowest BCUT2D eigenvalue weighted by Crippen LogP contribution is -2.36. The van der Waals surface area contributed by atoms with Crippen LogP contribution in [-0.2, 0) is 9.53 Å². The SMILES string of the molecule is O=C(Nc1ncc(C(=O)NC[C@H](O)C(=O)O)s1)OCC1c2ccccc2-c2ccccc21. The molecule has 0 fully saturated rings. The summed E-state index contributed by atoms with van der Waals surface area (Å²) in [5, 5.41) is 22.8. The van der Waals surface area contributed by atoms with Crippen LogP contribution >= 0.6 is 11.3 Å². The summed E-state index contributed by atoms with van der Waals surface area (Å²) < 4.78 is 5.44. The average molecular weight is 453 g/mol. The smallest absolute Gasteiger partial charge is 0.413 e. The predicted octanol–water partition coefficient (Wildman–Crippen LogP) is 2.68. The van der Waals surface area contributed by atoms with Crippen LogP contribution < -0.4 is 10.6 Å². The van der Waals surface area contributed by atoms with Gasteiger partial charge in [-0.05, 0) is 22.3 Å². The normalized spacial score (nSPS) is 13.0. The van der Waals surface area contributed by atoms with E-state index in [1.54, 1.807) is 0 Å². The summed E-state index contributed by atoms with van der Waals surface area (Å²) in [4.78, 5) is 39.0. The Labute approximate surface area is 186 Å². The Balaban J connectivity index is 1.34. The number of carbonyl (C=O) groups excluding carboxylic acids is 2. The molecule has 32 heavy (non-hydrogen) atoms. The van der Waals surface area contributed by atoms with Gasteiger partial charge in [0.15, 0.2) is 11.2 Å². The zero-order valence-corrected chi connectivity index (χ0v) is 17.5. The number of carboxylic acid groups (broad SMARTS) is 1. The first-order chi connectivity index (χ1) is 15.4. The van der Waals surface area contributed by atoms with Crippen LogP contribution in [0.1, 0.15) is 26.7 Å². The number of carboxylic acids is 1. The van der Waals surface area contributed by atoms with Gasteiger partial charge in [-0.15, -0.1) is 0 Å². The van der Waals surface area contributed by atoms with Gasteiger partial charge in [0.2, 0.25) is 0 Å². The van der Waals surface area contributed by atoms with Gasteiger partial charge < -0.3 is 20.3 Å². The van der Waals surface area contributed by atoms with E-state index >= 15 is 0 Å². The van der Waals surface area contributed by atoms with Crippen LogP contribution in [0.5, 0.6) is 0 Å². The highest BCUT2D eigenvalue weighted by molar-refractivity contribution is 7.17. The largest absolute Gasteiger partial charge is 0.479 e. The molecule has 0 radical (unpaired) electrons. The van der Waals surface area contributed by atoms with E-state index in [4.69, 9.17) is 9.84 Å². The molecule has 2 aromatic carbocycles.